The fourth-order valence-electron chi connectivity index (χ4n) is 1.28. The van der Waals surface area contributed by atoms with Crippen molar-refractivity contribution in [3.63, 3.8) is 0 Å². The summed E-state index contributed by atoms with van der Waals surface area (Å²) in [4.78, 5) is 15.8. The minimum absolute atomic E-state index is 0.184. The molecule has 0 saturated carbocycles. The molecule has 1 aromatic heterocycles. The molecule has 0 aliphatic carbocycles. The van der Waals surface area contributed by atoms with Crippen molar-refractivity contribution in [3.8, 4) is 0 Å². The molecular formula is C12H20N2O2S. The normalized spacial score (nSPS) is 12.5. The molecule has 0 atom stereocenters. The minimum Gasteiger partial charge on any atom is -0.459 e. The highest BCUT2D eigenvalue weighted by molar-refractivity contribution is 7.09. The number of hydrogen-bond acceptors (Lipinski definition) is 5. The number of carbonyl (C=O) groups is 1. The second-order valence-corrected chi connectivity index (χ2v) is 6.30. The van der Waals surface area contributed by atoms with Crippen molar-refractivity contribution in [2.45, 2.75) is 45.8 Å². The monoisotopic (exact) mass is 256 g/mol. The summed E-state index contributed by atoms with van der Waals surface area (Å²) in [6.07, 6.45) is 1.76. The van der Waals surface area contributed by atoms with Gasteiger partial charge in [-0.2, -0.15) is 0 Å². The number of rotatable bonds is 4. The number of hydrogen-bond donors (Lipinski definition) is 1. The Labute approximate surface area is 106 Å². The second-order valence-electron chi connectivity index (χ2n) is 5.40. The van der Waals surface area contributed by atoms with Crippen LogP contribution in [-0.2, 0) is 15.1 Å². The Balaban J connectivity index is 2.48. The van der Waals surface area contributed by atoms with Crippen molar-refractivity contribution >= 4 is 17.3 Å². The van der Waals surface area contributed by atoms with E-state index in [-0.39, 0.29) is 18.1 Å². The van der Waals surface area contributed by atoms with Crippen LogP contribution in [-0.4, -0.2) is 23.1 Å². The molecule has 1 N–H and O–H groups in total. The summed E-state index contributed by atoms with van der Waals surface area (Å²) in [5.41, 5.74) is -0.755. The Hall–Kier alpha value is -0.940. The molecule has 0 bridgehead atoms. The molecule has 0 aliphatic heterocycles. The molecule has 0 amide bonds. The second kappa shape index (κ2) is 5.14. The molecule has 1 rings (SSSR count). The van der Waals surface area contributed by atoms with E-state index in [9.17, 15) is 4.79 Å². The number of ether oxygens (including phenoxy) is 1. The summed E-state index contributed by atoms with van der Waals surface area (Å²) in [5.74, 6) is -0.248. The summed E-state index contributed by atoms with van der Waals surface area (Å²) in [7, 11) is 0. The molecule has 17 heavy (non-hydrogen) atoms. The first-order chi connectivity index (χ1) is 7.71. The van der Waals surface area contributed by atoms with Gasteiger partial charge in [0.15, 0.2) is 0 Å². The van der Waals surface area contributed by atoms with Crippen molar-refractivity contribution in [1.29, 1.82) is 0 Å². The third-order valence-corrected chi connectivity index (χ3v) is 3.16. The minimum atomic E-state index is -0.440. The Morgan fingerprint density at radius 1 is 1.41 bits per heavy atom. The molecule has 0 unspecified atom stereocenters. The maximum absolute atomic E-state index is 11.6. The van der Waals surface area contributed by atoms with Crippen LogP contribution in [0.4, 0.5) is 0 Å². The summed E-state index contributed by atoms with van der Waals surface area (Å²) < 4.78 is 5.23. The summed E-state index contributed by atoms with van der Waals surface area (Å²) in [6.45, 7) is 9.75. The topological polar surface area (TPSA) is 51.2 Å². The third-order valence-electron chi connectivity index (χ3n) is 2.06. The largest absolute Gasteiger partial charge is 0.459 e. The Kier molecular flexibility index (Phi) is 4.27. The van der Waals surface area contributed by atoms with Crippen LogP contribution in [0, 0.1) is 0 Å². The smallest absolute Gasteiger partial charge is 0.320 e. The number of thiazole rings is 1. The standard InChI is InChI=1S/C12H20N2O2S/c1-11(2,3)16-9(15)8-14-12(4,5)10-13-6-7-17-10/h6-7,14H,8H2,1-5H3. The van der Waals surface area contributed by atoms with E-state index < -0.39 is 5.60 Å². The molecule has 0 fully saturated rings. The third kappa shape index (κ3) is 4.83. The fourth-order valence-corrected chi connectivity index (χ4v) is 2.02. The van der Waals surface area contributed by atoms with Gasteiger partial charge in [0, 0.05) is 11.6 Å². The molecule has 0 radical (unpaired) electrons. The van der Waals surface area contributed by atoms with Crippen LogP contribution >= 0.6 is 11.3 Å². The molecule has 0 saturated heterocycles. The van der Waals surface area contributed by atoms with E-state index in [0.717, 1.165) is 5.01 Å². The van der Waals surface area contributed by atoms with Gasteiger partial charge in [-0.3, -0.25) is 10.1 Å². The number of aromatic nitrogens is 1. The van der Waals surface area contributed by atoms with Crippen molar-refractivity contribution in [2.75, 3.05) is 6.54 Å². The number of nitrogens with one attached hydrogen (secondary N) is 1. The first kappa shape index (κ1) is 14.1. The van der Waals surface area contributed by atoms with Crippen LogP contribution in [0.2, 0.25) is 0 Å². The van der Waals surface area contributed by atoms with Crippen LogP contribution in [0.1, 0.15) is 39.6 Å². The van der Waals surface area contributed by atoms with Gasteiger partial charge in [-0.1, -0.05) is 0 Å². The van der Waals surface area contributed by atoms with Gasteiger partial charge < -0.3 is 4.74 Å². The maximum atomic E-state index is 11.6. The fraction of sp³-hybridized carbons (Fsp3) is 0.667. The molecule has 4 nitrogen and oxygen atoms in total. The molecule has 1 heterocycles. The van der Waals surface area contributed by atoms with E-state index in [4.69, 9.17) is 4.74 Å². The number of esters is 1. The van der Waals surface area contributed by atoms with Crippen LogP contribution in [0.5, 0.6) is 0 Å². The molecule has 1 aromatic rings. The van der Waals surface area contributed by atoms with Gasteiger partial charge in [-0.25, -0.2) is 4.98 Å². The quantitative estimate of drug-likeness (QED) is 0.840. The predicted octanol–water partition coefficient (Wildman–Crippen LogP) is 2.31. The van der Waals surface area contributed by atoms with E-state index in [1.54, 1.807) is 17.5 Å². The van der Waals surface area contributed by atoms with Crippen LogP contribution in [0.15, 0.2) is 11.6 Å². The lowest BCUT2D eigenvalue weighted by molar-refractivity contribution is -0.154. The first-order valence-electron chi connectivity index (χ1n) is 5.57. The molecular weight excluding hydrogens is 236 g/mol. The molecule has 0 aliphatic rings. The molecule has 96 valence electrons. The lowest BCUT2D eigenvalue weighted by atomic mass is 10.1. The van der Waals surface area contributed by atoms with Crippen molar-refractivity contribution in [1.82, 2.24) is 10.3 Å². The zero-order chi connectivity index (χ0) is 13.1. The maximum Gasteiger partial charge on any atom is 0.320 e. The lowest BCUT2D eigenvalue weighted by Crippen LogP contribution is -2.41. The number of carbonyl (C=O) groups excluding carboxylic acids is 1. The van der Waals surface area contributed by atoms with Gasteiger partial charge in [0.05, 0.1) is 12.1 Å². The first-order valence-corrected chi connectivity index (χ1v) is 6.45. The van der Waals surface area contributed by atoms with Crippen molar-refractivity contribution < 1.29 is 9.53 Å². The highest BCUT2D eigenvalue weighted by atomic mass is 32.1. The van der Waals surface area contributed by atoms with Crippen molar-refractivity contribution in [2.24, 2.45) is 0 Å². The zero-order valence-corrected chi connectivity index (χ0v) is 11.9. The SMILES string of the molecule is CC(C)(C)OC(=O)CNC(C)(C)c1nccs1. The Bertz CT molecular complexity index is 366. The number of nitrogens with zero attached hydrogens (tertiary/aromatic N) is 1. The van der Waals surface area contributed by atoms with Gasteiger partial charge in [0.25, 0.3) is 0 Å². The van der Waals surface area contributed by atoms with Crippen LogP contribution in [0.3, 0.4) is 0 Å². The van der Waals surface area contributed by atoms with E-state index in [1.165, 1.54) is 0 Å². The van der Waals surface area contributed by atoms with E-state index in [0.29, 0.717) is 0 Å². The molecule has 5 heteroatoms. The summed E-state index contributed by atoms with van der Waals surface area (Å²) in [5, 5.41) is 6.04. The summed E-state index contributed by atoms with van der Waals surface area (Å²) in [6, 6.07) is 0. The van der Waals surface area contributed by atoms with E-state index in [2.05, 4.69) is 10.3 Å². The average Bonchev–Trinajstić information content (AvgIpc) is 2.65. The van der Waals surface area contributed by atoms with Gasteiger partial charge in [-0.05, 0) is 34.6 Å². The predicted molar refractivity (Wildman–Crippen MR) is 69.0 cm³/mol. The van der Waals surface area contributed by atoms with E-state index >= 15 is 0 Å². The highest BCUT2D eigenvalue weighted by Gasteiger charge is 2.25. The van der Waals surface area contributed by atoms with Crippen LogP contribution in [0.25, 0.3) is 0 Å². The highest BCUT2D eigenvalue weighted by Crippen LogP contribution is 2.21. The summed E-state index contributed by atoms with van der Waals surface area (Å²) >= 11 is 1.57. The van der Waals surface area contributed by atoms with Gasteiger partial charge in [-0.15, -0.1) is 11.3 Å². The average molecular weight is 256 g/mol. The Morgan fingerprint density at radius 3 is 2.53 bits per heavy atom. The zero-order valence-electron chi connectivity index (χ0n) is 11.0. The molecule has 0 spiro atoms. The van der Waals surface area contributed by atoms with Gasteiger partial charge in [0.1, 0.15) is 10.6 Å². The van der Waals surface area contributed by atoms with Crippen LogP contribution < -0.4 is 5.32 Å². The Morgan fingerprint density at radius 2 is 2.06 bits per heavy atom. The van der Waals surface area contributed by atoms with Crippen molar-refractivity contribution in [3.05, 3.63) is 16.6 Å². The van der Waals surface area contributed by atoms with Gasteiger partial charge in [0.2, 0.25) is 0 Å². The lowest BCUT2D eigenvalue weighted by Gasteiger charge is -2.25. The van der Waals surface area contributed by atoms with Gasteiger partial charge >= 0.3 is 5.97 Å². The van der Waals surface area contributed by atoms with E-state index in [1.807, 2.05) is 40.0 Å². The molecule has 0 aromatic carbocycles.